The Morgan fingerprint density at radius 3 is 2.46 bits per heavy atom. The van der Waals surface area contributed by atoms with Gasteiger partial charge in [-0.1, -0.05) is 48.5 Å². The molecule has 2 aromatic carbocycles. The van der Waals surface area contributed by atoms with Crippen LogP contribution in [0, 0.1) is 0 Å². The molecule has 3 amide bonds. The normalized spacial score (nSPS) is 14.6. The number of morpholine rings is 1. The standard InChI is InChI=1S/C30H38N4O7/c1-22(32-26-13-6-5-12-25(26)29(38)34-17-19-40-20-18-34)28(37)33-24(14-15-27(35)36)11-7-8-16-31-30(39)41-21-23-9-3-2-4-10-23/h2-6,9-10,12-15,22,24,32H,7-8,11,16-21H2,1H3,(H,31,39)(H,33,37)(H,35,36). The zero-order valence-corrected chi connectivity index (χ0v) is 23.2. The topological polar surface area (TPSA) is 146 Å². The number of anilines is 1. The first kappa shape index (κ1) is 31.2. The molecule has 0 bridgehead atoms. The average molecular weight is 567 g/mol. The van der Waals surface area contributed by atoms with Crippen molar-refractivity contribution in [3.05, 3.63) is 77.9 Å². The van der Waals surface area contributed by atoms with E-state index in [4.69, 9.17) is 14.6 Å². The minimum Gasteiger partial charge on any atom is -0.478 e. The number of carbonyl (C=O) groups excluding carboxylic acids is 3. The number of nitrogens with one attached hydrogen (secondary N) is 3. The van der Waals surface area contributed by atoms with Gasteiger partial charge < -0.3 is 35.4 Å². The summed E-state index contributed by atoms with van der Waals surface area (Å²) < 4.78 is 10.5. The molecule has 1 aliphatic rings. The number of alkyl carbamates (subject to hydrolysis) is 1. The van der Waals surface area contributed by atoms with Crippen LogP contribution < -0.4 is 16.0 Å². The Morgan fingerprint density at radius 1 is 1.02 bits per heavy atom. The van der Waals surface area contributed by atoms with E-state index in [0.717, 1.165) is 11.6 Å². The molecule has 0 radical (unpaired) electrons. The van der Waals surface area contributed by atoms with Gasteiger partial charge in [0, 0.05) is 37.4 Å². The van der Waals surface area contributed by atoms with E-state index in [1.165, 1.54) is 6.08 Å². The number of carbonyl (C=O) groups is 4. The van der Waals surface area contributed by atoms with Gasteiger partial charge in [0.25, 0.3) is 5.91 Å². The molecule has 1 aliphatic heterocycles. The van der Waals surface area contributed by atoms with Crippen LogP contribution in [-0.2, 0) is 25.7 Å². The number of unbranched alkanes of at least 4 members (excludes halogenated alkanes) is 1. The van der Waals surface area contributed by atoms with Crippen LogP contribution in [-0.4, -0.2) is 78.8 Å². The molecule has 41 heavy (non-hydrogen) atoms. The average Bonchev–Trinajstić information content (AvgIpc) is 2.99. The predicted molar refractivity (Wildman–Crippen MR) is 153 cm³/mol. The van der Waals surface area contributed by atoms with Gasteiger partial charge in [-0.25, -0.2) is 9.59 Å². The lowest BCUT2D eigenvalue weighted by molar-refractivity contribution is -0.131. The molecule has 2 atom stereocenters. The number of carboxylic acids is 1. The van der Waals surface area contributed by atoms with Gasteiger partial charge in [0.05, 0.1) is 18.8 Å². The first-order chi connectivity index (χ1) is 19.8. The van der Waals surface area contributed by atoms with Crippen LogP contribution >= 0.6 is 0 Å². The van der Waals surface area contributed by atoms with Crippen LogP contribution in [0.5, 0.6) is 0 Å². The molecule has 1 saturated heterocycles. The minimum atomic E-state index is -1.12. The summed E-state index contributed by atoms with van der Waals surface area (Å²) in [6.07, 6.45) is 3.61. The molecule has 0 saturated carbocycles. The van der Waals surface area contributed by atoms with Crippen molar-refractivity contribution < 1.29 is 33.8 Å². The molecule has 220 valence electrons. The van der Waals surface area contributed by atoms with Gasteiger partial charge in [0.1, 0.15) is 12.6 Å². The molecular formula is C30H38N4O7. The van der Waals surface area contributed by atoms with E-state index in [-0.39, 0.29) is 18.4 Å². The van der Waals surface area contributed by atoms with E-state index in [1.54, 1.807) is 36.1 Å². The Bertz CT molecular complexity index is 1180. The fourth-order valence-corrected chi connectivity index (χ4v) is 4.21. The molecule has 0 spiro atoms. The zero-order valence-electron chi connectivity index (χ0n) is 23.2. The lowest BCUT2D eigenvalue weighted by Crippen LogP contribution is -2.43. The van der Waals surface area contributed by atoms with Gasteiger partial charge in [-0.05, 0) is 43.9 Å². The zero-order chi connectivity index (χ0) is 29.5. The number of hydrogen-bond acceptors (Lipinski definition) is 7. The highest BCUT2D eigenvalue weighted by Crippen LogP contribution is 2.19. The van der Waals surface area contributed by atoms with Crippen molar-refractivity contribution in [3.63, 3.8) is 0 Å². The first-order valence-corrected chi connectivity index (χ1v) is 13.7. The summed E-state index contributed by atoms with van der Waals surface area (Å²) in [7, 11) is 0. The maximum atomic E-state index is 13.0. The SMILES string of the molecule is CC(Nc1ccccc1C(=O)N1CCOCC1)C(=O)NC(C=CC(=O)O)CCCCNC(=O)OCc1ccccc1. The van der Waals surface area contributed by atoms with Gasteiger partial charge in [-0.2, -0.15) is 0 Å². The number of nitrogens with zero attached hydrogens (tertiary/aromatic N) is 1. The first-order valence-electron chi connectivity index (χ1n) is 13.7. The van der Waals surface area contributed by atoms with Gasteiger partial charge in [-0.3, -0.25) is 9.59 Å². The monoisotopic (exact) mass is 566 g/mol. The van der Waals surface area contributed by atoms with Gasteiger partial charge in [-0.15, -0.1) is 0 Å². The van der Waals surface area contributed by atoms with E-state index in [2.05, 4.69) is 16.0 Å². The second-order valence-electron chi connectivity index (χ2n) is 9.61. The highest BCUT2D eigenvalue weighted by molar-refractivity contribution is 6.00. The van der Waals surface area contributed by atoms with Crippen LogP contribution in [0.15, 0.2) is 66.7 Å². The van der Waals surface area contributed by atoms with E-state index in [0.29, 0.717) is 63.4 Å². The number of hydrogen-bond donors (Lipinski definition) is 4. The number of benzene rings is 2. The van der Waals surface area contributed by atoms with Crippen LogP contribution in [0.3, 0.4) is 0 Å². The molecule has 1 fully saturated rings. The van der Waals surface area contributed by atoms with Crippen LogP contribution in [0.25, 0.3) is 0 Å². The molecule has 2 unspecified atom stereocenters. The molecule has 11 heteroatoms. The molecule has 2 aromatic rings. The van der Waals surface area contributed by atoms with Crippen molar-refractivity contribution in [2.45, 2.75) is 44.9 Å². The van der Waals surface area contributed by atoms with E-state index >= 15 is 0 Å². The number of aliphatic carboxylic acids is 1. The molecule has 3 rings (SSSR count). The minimum absolute atomic E-state index is 0.135. The van der Waals surface area contributed by atoms with Crippen molar-refractivity contribution >= 4 is 29.6 Å². The van der Waals surface area contributed by atoms with Crippen molar-refractivity contribution in [2.24, 2.45) is 0 Å². The van der Waals surface area contributed by atoms with Crippen molar-refractivity contribution in [1.82, 2.24) is 15.5 Å². The fraction of sp³-hybridized carbons (Fsp3) is 0.400. The molecular weight excluding hydrogens is 528 g/mol. The molecule has 0 aromatic heterocycles. The number of carboxylic acid groups (broad SMARTS) is 1. The van der Waals surface area contributed by atoms with Gasteiger partial charge in [0.2, 0.25) is 5.91 Å². The van der Waals surface area contributed by atoms with E-state index in [9.17, 15) is 19.2 Å². The van der Waals surface area contributed by atoms with Crippen molar-refractivity contribution in [3.8, 4) is 0 Å². The summed E-state index contributed by atoms with van der Waals surface area (Å²) in [5.74, 6) is -1.60. The van der Waals surface area contributed by atoms with Crippen molar-refractivity contribution in [2.75, 3.05) is 38.2 Å². The highest BCUT2D eigenvalue weighted by Gasteiger charge is 2.23. The van der Waals surface area contributed by atoms with Gasteiger partial charge in [0.15, 0.2) is 0 Å². The second-order valence-corrected chi connectivity index (χ2v) is 9.61. The Balaban J connectivity index is 1.47. The highest BCUT2D eigenvalue weighted by atomic mass is 16.5. The van der Waals surface area contributed by atoms with E-state index < -0.39 is 24.1 Å². The van der Waals surface area contributed by atoms with Crippen LogP contribution in [0.1, 0.15) is 42.1 Å². The lowest BCUT2D eigenvalue weighted by Gasteiger charge is -2.28. The Kier molecular flexibility index (Phi) is 12.7. The summed E-state index contributed by atoms with van der Waals surface area (Å²) in [5.41, 5.74) is 1.89. The van der Waals surface area contributed by atoms with Crippen LogP contribution in [0.4, 0.5) is 10.5 Å². The van der Waals surface area contributed by atoms with Crippen LogP contribution in [0.2, 0.25) is 0 Å². The Morgan fingerprint density at radius 2 is 1.73 bits per heavy atom. The second kappa shape index (κ2) is 16.7. The van der Waals surface area contributed by atoms with E-state index in [1.807, 2.05) is 30.3 Å². The summed E-state index contributed by atoms with van der Waals surface area (Å²) in [6.45, 7) is 4.21. The maximum Gasteiger partial charge on any atom is 0.407 e. The van der Waals surface area contributed by atoms with Crippen molar-refractivity contribution in [1.29, 1.82) is 0 Å². The molecule has 11 nitrogen and oxygen atoms in total. The molecule has 0 aliphatic carbocycles. The Labute approximate surface area is 239 Å². The number of rotatable bonds is 14. The summed E-state index contributed by atoms with van der Waals surface area (Å²) in [4.78, 5) is 50.8. The summed E-state index contributed by atoms with van der Waals surface area (Å²) in [6, 6.07) is 15.2. The summed E-state index contributed by atoms with van der Waals surface area (Å²) in [5, 5.41) is 17.8. The fourth-order valence-electron chi connectivity index (χ4n) is 4.21. The van der Waals surface area contributed by atoms with Gasteiger partial charge >= 0.3 is 12.1 Å². The number of amides is 3. The maximum absolute atomic E-state index is 13.0. The quantitative estimate of drug-likeness (QED) is 0.201. The number of para-hydroxylation sites is 1. The smallest absolute Gasteiger partial charge is 0.407 e. The molecule has 4 N–H and O–H groups in total. The lowest BCUT2D eigenvalue weighted by atomic mass is 10.1. The third-order valence-corrected chi connectivity index (χ3v) is 6.44. The number of ether oxygens (including phenoxy) is 2. The molecule has 1 heterocycles. The third-order valence-electron chi connectivity index (χ3n) is 6.44. The largest absolute Gasteiger partial charge is 0.478 e. The summed E-state index contributed by atoms with van der Waals surface area (Å²) >= 11 is 0. The predicted octanol–water partition coefficient (Wildman–Crippen LogP) is 3.18. The third kappa shape index (κ3) is 11.0. The Hall–Kier alpha value is -4.38.